The number of nitrogens with two attached hydrogens (primary N) is 1. The van der Waals surface area contributed by atoms with Crippen molar-refractivity contribution in [2.45, 2.75) is 25.9 Å². The molecule has 0 radical (unpaired) electrons. The molecule has 1 aromatic heterocycles. The van der Waals surface area contributed by atoms with Gasteiger partial charge in [-0.25, -0.2) is 0 Å². The van der Waals surface area contributed by atoms with E-state index < -0.39 is 0 Å². The SMILES string of the molecule is COc1cnn(C(C)C)c1C(N)CSC. The average molecular weight is 229 g/mol. The second kappa shape index (κ2) is 5.42. The largest absolute Gasteiger partial charge is 0.493 e. The van der Waals surface area contributed by atoms with Crippen LogP contribution in [-0.4, -0.2) is 28.9 Å². The third-order valence-corrected chi connectivity index (χ3v) is 2.90. The molecule has 0 bridgehead atoms. The summed E-state index contributed by atoms with van der Waals surface area (Å²) in [5.41, 5.74) is 7.09. The van der Waals surface area contributed by atoms with Gasteiger partial charge in [0, 0.05) is 11.8 Å². The fraction of sp³-hybridized carbons (Fsp3) is 0.700. The number of methoxy groups -OCH3 is 1. The Hall–Kier alpha value is -0.680. The molecule has 0 spiro atoms. The normalized spacial score (nSPS) is 13.2. The summed E-state index contributed by atoms with van der Waals surface area (Å²) in [5.74, 6) is 1.65. The summed E-state index contributed by atoms with van der Waals surface area (Å²) in [5, 5.41) is 4.29. The Morgan fingerprint density at radius 3 is 2.73 bits per heavy atom. The van der Waals surface area contributed by atoms with E-state index in [9.17, 15) is 0 Å². The lowest BCUT2D eigenvalue weighted by Crippen LogP contribution is -2.20. The number of thioether (sulfide) groups is 1. The van der Waals surface area contributed by atoms with E-state index in [-0.39, 0.29) is 6.04 Å². The zero-order valence-electron chi connectivity index (χ0n) is 9.73. The predicted octanol–water partition coefficient (Wildman–Crippen LogP) is 1.84. The molecule has 0 aliphatic carbocycles. The molecule has 0 saturated carbocycles. The van der Waals surface area contributed by atoms with Gasteiger partial charge in [-0.1, -0.05) is 0 Å². The van der Waals surface area contributed by atoms with E-state index in [0.717, 1.165) is 17.2 Å². The molecule has 0 aromatic carbocycles. The smallest absolute Gasteiger partial charge is 0.161 e. The number of nitrogens with zero attached hydrogens (tertiary/aromatic N) is 2. The van der Waals surface area contributed by atoms with E-state index in [4.69, 9.17) is 10.5 Å². The Morgan fingerprint density at radius 2 is 2.27 bits per heavy atom. The Bertz CT molecular complexity index is 312. The molecule has 1 heterocycles. The van der Waals surface area contributed by atoms with Gasteiger partial charge >= 0.3 is 0 Å². The highest BCUT2D eigenvalue weighted by atomic mass is 32.2. The number of hydrogen-bond acceptors (Lipinski definition) is 4. The molecule has 1 rings (SSSR count). The molecule has 15 heavy (non-hydrogen) atoms. The number of hydrogen-bond donors (Lipinski definition) is 1. The quantitative estimate of drug-likeness (QED) is 0.837. The van der Waals surface area contributed by atoms with Crippen molar-refractivity contribution in [1.82, 2.24) is 9.78 Å². The van der Waals surface area contributed by atoms with Crippen LogP contribution < -0.4 is 10.5 Å². The highest BCUT2D eigenvalue weighted by Crippen LogP contribution is 2.27. The van der Waals surface area contributed by atoms with Crippen molar-refractivity contribution in [2.75, 3.05) is 19.1 Å². The van der Waals surface area contributed by atoms with Crippen molar-refractivity contribution in [3.63, 3.8) is 0 Å². The van der Waals surface area contributed by atoms with Crippen LogP contribution in [0.25, 0.3) is 0 Å². The van der Waals surface area contributed by atoms with Gasteiger partial charge < -0.3 is 10.5 Å². The minimum absolute atomic E-state index is 0.0279. The first-order valence-corrected chi connectivity index (χ1v) is 6.37. The Kier molecular flexibility index (Phi) is 4.47. The van der Waals surface area contributed by atoms with Crippen molar-refractivity contribution in [3.8, 4) is 5.75 Å². The summed E-state index contributed by atoms with van der Waals surface area (Å²) in [7, 11) is 1.65. The summed E-state index contributed by atoms with van der Waals surface area (Å²) in [6.07, 6.45) is 3.78. The van der Waals surface area contributed by atoms with Crippen LogP contribution >= 0.6 is 11.8 Å². The molecule has 1 aromatic rings. The molecular formula is C10H19N3OS. The minimum atomic E-state index is -0.0279. The lowest BCUT2D eigenvalue weighted by atomic mass is 10.2. The molecule has 0 saturated heterocycles. The first-order chi connectivity index (χ1) is 7.11. The first kappa shape index (κ1) is 12.4. The van der Waals surface area contributed by atoms with Gasteiger partial charge in [0.15, 0.2) is 5.75 Å². The average Bonchev–Trinajstić information content (AvgIpc) is 2.61. The van der Waals surface area contributed by atoms with Crippen molar-refractivity contribution in [3.05, 3.63) is 11.9 Å². The maximum atomic E-state index is 6.10. The van der Waals surface area contributed by atoms with Crippen LogP contribution in [0, 0.1) is 0 Å². The van der Waals surface area contributed by atoms with E-state index in [1.807, 2.05) is 10.9 Å². The minimum Gasteiger partial charge on any atom is -0.493 e. The van der Waals surface area contributed by atoms with Gasteiger partial charge in [0.05, 0.1) is 25.0 Å². The van der Waals surface area contributed by atoms with Crippen LogP contribution in [0.4, 0.5) is 0 Å². The maximum absolute atomic E-state index is 6.10. The first-order valence-electron chi connectivity index (χ1n) is 4.97. The van der Waals surface area contributed by atoms with Crippen molar-refractivity contribution in [1.29, 1.82) is 0 Å². The summed E-state index contributed by atoms with van der Waals surface area (Å²) in [6, 6.07) is 0.275. The molecule has 0 fully saturated rings. The highest BCUT2D eigenvalue weighted by molar-refractivity contribution is 7.98. The molecule has 0 aliphatic rings. The summed E-state index contributed by atoms with van der Waals surface area (Å²) in [6.45, 7) is 4.17. The standard InChI is InChI=1S/C10H19N3OS/c1-7(2)13-10(8(11)6-15-4)9(14-3)5-12-13/h5,7-8H,6,11H2,1-4H3. The van der Waals surface area contributed by atoms with E-state index in [1.165, 1.54) is 0 Å². The molecule has 1 atom stereocenters. The fourth-order valence-electron chi connectivity index (χ4n) is 1.54. The lowest BCUT2D eigenvalue weighted by molar-refractivity contribution is 0.399. The van der Waals surface area contributed by atoms with Gasteiger partial charge in [0.25, 0.3) is 0 Å². The fourth-order valence-corrected chi connectivity index (χ4v) is 2.05. The number of rotatable bonds is 5. The topological polar surface area (TPSA) is 53.1 Å². The van der Waals surface area contributed by atoms with E-state index in [2.05, 4.69) is 18.9 Å². The van der Waals surface area contributed by atoms with Crippen LogP contribution in [-0.2, 0) is 0 Å². The second-order valence-corrected chi connectivity index (χ2v) is 4.61. The monoisotopic (exact) mass is 229 g/mol. The van der Waals surface area contributed by atoms with Crippen LogP contribution in [0.5, 0.6) is 5.75 Å². The summed E-state index contributed by atoms with van der Waals surface area (Å²) in [4.78, 5) is 0. The molecule has 4 nitrogen and oxygen atoms in total. The zero-order chi connectivity index (χ0) is 11.4. The summed E-state index contributed by atoms with van der Waals surface area (Å²) < 4.78 is 7.20. The van der Waals surface area contributed by atoms with Gasteiger partial charge in [-0.05, 0) is 20.1 Å². The third kappa shape index (κ3) is 2.66. The molecule has 0 aliphatic heterocycles. The van der Waals surface area contributed by atoms with Gasteiger partial charge in [-0.3, -0.25) is 4.68 Å². The number of aromatic nitrogens is 2. The lowest BCUT2D eigenvalue weighted by Gasteiger charge is -2.17. The van der Waals surface area contributed by atoms with Gasteiger partial charge in [0.2, 0.25) is 0 Å². The molecule has 86 valence electrons. The Morgan fingerprint density at radius 1 is 1.60 bits per heavy atom. The molecule has 0 amide bonds. The number of ether oxygens (including phenoxy) is 1. The second-order valence-electron chi connectivity index (χ2n) is 3.70. The van der Waals surface area contributed by atoms with E-state index in [1.54, 1.807) is 25.1 Å². The van der Waals surface area contributed by atoms with Crippen molar-refractivity contribution in [2.24, 2.45) is 5.73 Å². The van der Waals surface area contributed by atoms with Crippen LogP contribution in [0.15, 0.2) is 6.20 Å². The zero-order valence-corrected chi connectivity index (χ0v) is 10.5. The molecule has 2 N–H and O–H groups in total. The van der Waals surface area contributed by atoms with Crippen LogP contribution in [0.1, 0.15) is 31.6 Å². The van der Waals surface area contributed by atoms with E-state index >= 15 is 0 Å². The van der Waals surface area contributed by atoms with Crippen LogP contribution in [0.3, 0.4) is 0 Å². The van der Waals surface area contributed by atoms with Gasteiger partial charge in [-0.15, -0.1) is 0 Å². The van der Waals surface area contributed by atoms with Gasteiger partial charge in [0.1, 0.15) is 0 Å². The molecular weight excluding hydrogens is 210 g/mol. The van der Waals surface area contributed by atoms with Crippen molar-refractivity contribution < 1.29 is 4.74 Å². The van der Waals surface area contributed by atoms with E-state index in [0.29, 0.717) is 6.04 Å². The Labute approximate surface area is 95.2 Å². The highest BCUT2D eigenvalue weighted by Gasteiger charge is 2.19. The molecule has 5 heteroatoms. The van der Waals surface area contributed by atoms with Crippen LogP contribution in [0.2, 0.25) is 0 Å². The van der Waals surface area contributed by atoms with Crippen molar-refractivity contribution >= 4 is 11.8 Å². The van der Waals surface area contributed by atoms with Gasteiger partial charge in [-0.2, -0.15) is 16.9 Å². The maximum Gasteiger partial charge on any atom is 0.161 e. The summed E-state index contributed by atoms with van der Waals surface area (Å²) >= 11 is 1.73. The third-order valence-electron chi connectivity index (χ3n) is 2.21. The predicted molar refractivity (Wildman–Crippen MR) is 64.5 cm³/mol. The Balaban J connectivity index is 3.04. The molecule has 1 unspecified atom stereocenters.